The van der Waals surface area contributed by atoms with Gasteiger partial charge >= 0.3 is 0 Å². The molecule has 42 heavy (non-hydrogen) atoms. The summed E-state index contributed by atoms with van der Waals surface area (Å²) in [4.78, 5) is 29.3. The van der Waals surface area contributed by atoms with Gasteiger partial charge in [0.15, 0.2) is 0 Å². The van der Waals surface area contributed by atoms with E-state index in [0.717, 1.165) is 29.4 Å². The SMILES string of the molecule is CC[C@H](C)NC(=O)[C@@H](Cc1ccccc1)N(Cc1ccc(C)cc1)C(=O)CCCN(c1ccccc1OC)S(C)(=O)=O. The molecule has 2 amide bonds. The number of methoxy groups -OCH3 is 1. The van der Waals surface area contributed by atoms with Crippen molar-refractivity contribution in [2.24, 2.45) is 0 Å². The summed E-state index contributed by atoms with van der Waals surface area (Å²) in [6, 6.07) is 23.7. The standard InChI is InChI=1S/C33H43N3O5S/c1-6-26(3)34-33(38)30(23-27-13-8-7-9-14-27)35(24-28-20-18-25(2)19-21-28)32(37)17-12-22-36(42(5,39)40)29-15-10-11-16-31(29)41-4/h7-11,13-16,18-21,26,30H,6,12,17,22-24H2,1-5H3,(H,34,38)/t26-,30+/m0/s1. The minimum atomic E-state index is -3.64. The Balaban J connectivity index is 1.90. The summed E-state index contributed by atoms with van der Waals surface area (Å²) in [6.07, 6.45) is 2.59. The van der Waals surface area contributed by atoms with Crippen LogP contribution < -0.4 is 14.4 Å². The first-order chi connectivity index (χ1) is 20.0. The van der Waals surface area contributed by atoms with Crippen LogP contribution in [0, 0.1) is 6.92 Å². The highest BCUT2D eigenvalue weighted by Gasteiger charge is 2.31. The van der Waals surface area contributed by atoms with Crippen molar-refractivity contribution < 1.29 is 22.7 Å². The Kier molecular flexibility index (Phi) is 12.0. The van der Waals surface area contributed by atoms with Crippen LogP contribution in [-0.2, 0) is 32.6 Å². The largest absolute Gasteiger partial charge is 0.495 e. The monoisotopic (exact) mass is 593 g/mol. The summed E-state index contributed by atoms with van der Waals surface area (Å²) in [5.74, 6) is 0.00428. The van der Waals surface area contributed by atoms with Gasteiger partial charge in [-0.25, -0.2) is 8.42 Å². The van der Waals surface area contributed by atoms with Crippen LogP contribution in [0.3, 0.4) is 0 Å². The number of carbonyl (C=O) groups is 2. The fourth-order valence-corrected chi connectivity index (χ4v) is 5.67. The summed E-state index contributed by atoms with van der Waals surface area (Å²) >= 11 is 0. The van der Waals surface area contributed by atoms with E-state index in [1.54, 1.807) is 29.2 Å². The Morgan fingerprint density at radius 2 is 1.57 bits per heavy atom. The van der Waals surface area contributed by atoms with Gasteiger partial charge in [-0.1, -0.05) is 79.2 Å². The molecule has 3 rings (SSSR count). The van der Waals surface area contributed by atoms with Crippen LogP contribution in [-0.4, -0.2) is 57.1 Å². The number of nitrogens with one attached hydrogen (secondary N) is 1. The summed E-state index contributed by atoms with van der Waals surface area (Å²) in [5.41, 5.74) is 3.38. The van der Waals surface area contributed by atoms with Crippen LogP contribution in [0.2, 0.25) is 0 Å². The molecule has 9 heteroatoms. The number of para-hydroxylation sites is 2. The number of sulfonamides is 1. The van der Waals surface area contributed by atoms with Gasteiger partial charge in [-0.2, -0.15) is 0 Å². The first-order valence-electron chi connectivity index (χ1n) is 14.3. The Labute approximate surface area is 250 Å². The molecule has 0 unspecified atom stereocenters. The minimum absolute atomic E-state index is 0.0451. The molecule has 226 valence electrons. The van der Waals surface area contributed by atoms with Crippen LogP contribution in [0.1, 0.15) is 49.8 Å². The number of carbonyl (C=O) groups excluding carboxylic acids is 2. The number of hydrogen-bond acceptors (Lipinski definition) is 5. The lowest BCUT2D eigenvalue weighted by molar-refractivity contribution is -0.141. The molecule has 0 saturated heterocycles. The number of nitrogens with zero attached hydrogens (tertiary/aromatic N) is 2. The van der Waals surface area contributed by atoms with Crippen LogP contribution >= 0.6 is 0 Å². The molecule has 3 aromatic carbocycles. The maximum atomic E-state index is 14.0. The second-order valence-corrected chi connectivity index (χ2v) is 12.5. The number of ether oxygens (including phenoxy) is 1. The highest BCUT2D eigenvalue weighted by molar-refractivity contribution is 7.92. The van der Waals surface area contributed by atoms with Gasteiger partial charge in [0.25, 0.3) is 0 Å². The van der Waals surface area contributed by atoms with E-state index in [9.17, 15) is 18.0 Å². The Morgan fingerprint density at radius 1 is 0.929 bits per heavy atom. The normalized spacial score (nSPS) is 12.7. The first-order valence-corrected chi connectivity index (χ1v) is 16.2. The van der Waals surface area contributed by atoms with Gasteiger partial charge in [0.05, 0.1) is 19.1 Å². The van der Waals surface area contributed by atoms with Crippen molar-refractivity contribution in [1.29, 1.82) is 0 Å². The fraction of sp³-hybridized carbons (Fsp3) is 0.394. The molecule has 2 atom stereocenters. The zero-order valence-electron chi connectivity index (χ0n) is 25.2. The smallest absolute Gasteiger partial charge is 0.243 e. The number of hydrogen-bond donors (Lipinski definition) is 1. The molecule has 0 heterocycles. The van der Waals surface area contributed by atoms with E-state index < -0.39 is 16.1 Å². The molecule has 1 N–H and O–H groups in total. The van der Waals surface area contributed by atoms with Gasteiger partial charge in [-0.15, -0.1) is 0 Å². The third-order valence-electron chi connectivity index (χ3n) is 7.25. The molecule has 0 aliphatic heterocycles. The zero-order chi connectivity index (χ0) is 30.7. The quantitative estimate of drug-likeness (QED) is 0.264. The summed E-state index contributed by atoms with van der Waals surface area (Å²) in [6.45, 7) is 6.29. The Morgan fingerprint density at radius 3 is 2.19 bits per heavy atom. The molecule has 0 aliphatic rings. The average molecular weight is 594 g/mol. The van der Waals surface area contributed by atoms with Crippen molar-refractivity contribution in [3.8, 4) is 5.75 Å². The Bertz CT molecular complexity index is 1410. The van der Waals surface area contributed by atoms with Crippen LogP contribution in [0.25, 0.3) is 0 Å². The Hall–Kier alpha value is -3.85. The van der Waals surface area contributed by atoms with E-state index in [2.05, 4.69) is 5.32 Å². The van der Waals surface area contributed by atoms with Crippen LogP contribution in [0.4, 0.5) is 5.69 Å². The predicted molar refractivity (Wildman–Crippen MR) is 168 cm³/mol. The fourth-order valence-electron chi connectivity index (χ4n) is 4.70. The topological polar surface area (TPSA) is 96.0 Å². The van der Waals surface area contributed by atoms with E-state index in [1.165, 1.54) is 11.4 Å². The molecule has 0 radical (unpaired) electrons. The van der Waals surface area contributed by atoms with E-state index in [4.69, 9.17) is 4.74 Å². The molecule has 0 saturated carbocycles. The van der Waals surface area contributed by atoms with Gasteiger partial charge in [-0.3, -0.25) is 13.9 Å². The molecule has 8 nitrogen and oxygen atoms in total. The number of aryl methyl sites for hydroxylation is 1. The second-order valence-electron chi connectivity index (χ2n) is 10.6. The third kappa shape index (κ3) is 9.34. The summed E-state index contributed by atoms with van der Waals surface area (Å²) in [7, 11) is -2.15. The lowest BCUT2D eigenvalue weighted by atomic mass is 10.0. The molecule has 0 fully saturated rings. The highest BCUT2D eigenvalue weighted by atomic mass is 32.2. The van der Waals surface area contributed by atoms with Crippen molar-refractivity contribution >= 4 is 27.5 Å². The van der Waals surface area contributed by atoms with Gasteiger partial charge in [0, 0.05) is 32.0 Å². The number of benzene rings is 3. The van der Waals surface area contributed by atoms with E-state index in [0.29, 0.717) is 17.9 Å². The third-order valence-corrected chi connectivity index (χ3v) is 8.43. The highest BCUT2D eigenvalue weighted by Crippen LogP contribution is 2.30. The van der Waals surface area contributed by atoms with Gasteiger partial charge in [-0.05, 0) is 49.9 Å². The maximum Gasteiger partial charge on any atom is 0.243 e. The molecule has 0 aromatic heterocycles. The average Bonchev–Trinajstić information content (AvgIpc) is 2.97. The number of anilines is 1. The van der Waals surface area contributed by atoms with Gasteiger partial charge < -0.3 is 15.0 Å². The molecular weight excluding hydrogens is 550 g/mol. The lowest BCUT2D eigenvalue weighted by Crippen LogP contribution is -2.52. The zero-order valence-corrected chi connectivity index (χ0v) is 26.1. The van der Waals surface area contributed by atoms with Crippen molar-refractivity contribution in [1.82, 2.24) is 10.2 Å². The second kappa shape index (κ2) is 15.4. The van der Waals surface area contributed by atoms with Crippen LogP contribution in [0.5, 0.6) is 5.75 Å². The minimum Gasteiger partial charge on any atom is -0.495 e. The van der Waals surface area contributed by atoms with E-state index in [1.807, 2.05) is 75.4 Å². The molecule has 0 aliphatic carbocycles. The van der Waals surface area contributed by atoms with E-state index in [-0.39, 0.29) is 43.8 Å². The molecule has 0 spiro atoms. The predicted octanol–water partition coefficient (Wildman–Crippen LogP) is 5.10. The van der Waals surface area contributed by atoms with Crippen molar-refractivity contribution in [3.05, 3.63) is 95.6 Å². The van der Waals surface area contributed by atoms with Crippen LogP contribution in [0.15, 0.2) is 78.9 Å². The molecule has 0 bridgehead atoms. The van der Waals surface area contributed by atoms with Gasteiger partial charge in [0.2, 0.25) is 21.8 Å². The van der Waals surface area contributed by atoms with Crippen molar-refractivity contribution in [3.63, 3.8) is 0 Å². The van der Waals surface area contributed by atoms with E-state index >= 15 is 0 Å². The molecule has 3 aromatic rings. The molecular formula is C33H43N3O5S. The van der Waals surface area contributed by atoms with Gasteiger partial charge in [0.1, 0.15) is 11.8 Å². The summed E-state index contributed by atoms with van der Waals surface area (Å²) < 4.78 is 32.1. The maximum absolute atomic E-state index is 14.0. The summed E-state index contributed by atoms with van der Waals surface area (Å²) in [5, 5.41) is 3.07. The van der Waals surface area contributed by atoms with Crippen molar-refractivity contribution in [2.45, 2.75) is 65.1 Å². The number of amides is 2. The number of rotatable bonds is 15. The lowest BCUT2D eigenvalue weighted by Gasteiger charge is -2.33. The van der Waals surface area contributed by atoms with Crippen molar-refractivity contribution in [2.75, 3.05) is 24.2 Å². The first kappa shape index (κ1) is 32.7.